The van der Waals surface area contributed by atoms with Gasteiger partial charge in [-0.3, -0.25) is 9.59 Å². The van der Waals surface area contributed by atoms with E-state index >= 15 is 0 Å². The third kappa shape index (κ3) is 23.3. The van der Waals surface area contributed by atoms with E-state index in [0.29, 0.717) is 24.8 Å². The van der Waals surface area contributed by atoms with E-state index < -0.39 is 42.4 Å². The van der Waals surface area contributed by atoms with Crippen molar-refractivity contribution in [2.75, 3.05) is 0 Å². The lowest BCUT2D eigenvalue weighted by Crippen LogP contribution is -2.28. The van der Waals surface area contributed by atoms with E-state index in [2.05, 4.69) is 0 Å². The Morgan fingerprint density at radius 2 is 1.06 bits per heavy atom. The molecule has 0 bridgehead atoms. The van der Waals surface area contributed by atoms with Crippen molar-refractivity contribution in [3.8, 4) is 0 Å². The number of rotatable bonds is 1. The van der Waals surface area contributed by atoms with Gasteiger partial charge in [-0.15, -0.1) is 0 Å². The van der Waals surface area contributed by atoms with E-state index in [0.717, 1.165) is 32.1 Å². The van der Waals surface area contributed by atoms with E-state index in [9.17, 15) is 45.0 Å². The lowest BCUT2D eigenvalue weighted by molar-refractivity contribution is -0.146. The van der Waals surface area contributed by atoms with Gasteiger partial charge in [0.05, 0.1) is 36.6 Å². The average molecular weight is 691 g/mol. The molecule has 10 nitrogen and oxygen atoms in total. The maximum absolute atomic E-state index is 12.6. The van der Waals surface area contributed by atoms with Crippen molar-refractivity contribution in [2.45, 2.75) is 160 Å². The molecule has 0 aliphatic carbocycles. The maximum Gasteiger partial charge on any atom is 0.333 e. The van der Waals surface area contributed by atoms with E-state index in [4.69, 9.17) is 4.74 Å². The summed E-state index contributed by atoms with van der Waals surface area (Å²) in [6, 6.07) is 0. The van der Waals surface area contributed by atoms with Crippen LogP contribution in [-0.2, 0) is 19.1 Å². The van der Waals surface area contributed by atoms with Crippen LogP contribution in [0.3, 0.4) is 0 Å². The van der Waals surface area contributed by atoms with Crippen molar-refractivity contribution in [3.63, 3.8) is 0 Å². The van der Waals surface area contributed by atoms with Gasteiger partial charge in [-0.1, -0.05) is 87.8 Å². The molecule has 0 aromatic carbocycles. The summed E-state index contributed by atoms with van der Waals surface area (Å²) in [6.45, 7) is 5.79. The SMILES string of the molecule is C/C1=C/C=C\C=C/C=C\C=C/CC(O)CC(O)CC(O)CC(O)CC(=O)CC(O)CC(O)CC(=O)CCCCCCCC(C(C)C)OC1=O. The summed E-state index contributed by atoms with van der Waals surface area (Å²) in [5, 5.41) is 61.5. The van der Waals surface area contributed by atoms with Gasteiger partial charge in [0.2, 0.25) is 0 Å². The number of allylic oxidation sites excluding steroid dienone is 8. The first-order valence-corrected chi connectivity index (χ1v) is 17.9. The Balaban J connectivity index is 2.80. The number of ketones is 2. The number of ether oxygens (including phenoxy) is 1. The molecular weight excluding hydrogens is 628 g/mol. The molecule has 0 aromatic heterocycles. The number of carbonyl (C=O) groups excluding carboxylic acids is 3. The lowest BCUT2D eigenvalue weighted by Gasteiger charge is -2.21. The van der Waals surface area contributed by atoms with Crippen molar-refractivity contribution in [1.82, 2.24) is 0 Å². The molecule has 1 rings (SSSR count). The minimum Gasteiger partial charge on any atom is -0.459 e. The topological polar surface area (TPSA) is 182 Å². The molecule has 7 atom stereocenters. The molecule has 1 aliphatic rings. The highest BCUT2D eigenvalue weighted by molar-refractivity contribution is 5.88. The van der Waals surface area contributed by atoms with Crippen LogP contribution in [0.5, 0.6) is 0 Å². The molecule has 0 amide bonds. The van der Waals surface area contributed by atoms with Crippen molar-refractivity contribution >= 4 is 17.5 Å². The number of Topliss-reactive ketones (excluding diaryl/α,β-unsaturated/α-hetero) is 2. The van der Waals surface area contributed by atoms with Crippen LogP contribution in [0.1, 0.15) is 117 Å². The first-order valence-electron chi connectivity index (χ1n) is 17.9. The summed E-state index contributed by atoms with van der Waals surface area (Å²) in [5.41, 5.74) is 0.505. The molecule has 1 heterocycles. The number of hydrogen-bond donors (Lipinski definition) is 6. The largest absolute Gasteiger partial charge is 0.459 e. The summed E-state index contributed by atoms with van der Waals surface area (Å²) in [4.78, 5) is 37.3. The minimum atomic E-state index is -1.18. The summed E-state index contributed by atoms with van der Waals surface area (Å²) in [7, 11) is 0. The van der Waals surface area contributed by atoms with Crippen LogP contribution in [-0.4, -0.2) is 90.9 Å². The predicted molar refractivity (Wildman–Crippen MR) is 190 cm³/mol. The Morgan fingerprint density at radius 3 is 1.67 bits per heavy atom. The van der Waals surface area contributed by atoms with Crippen LogP contribution >= 0.6 is 0 Å². The summed E-state index contributed by atoms with van der Waals surface area (Å²) >= 11 is 0. The normalized spacial score (nSPS) is 33.9. The second-order valence-corrected chi connectivity index (χ2v) is 13.7. The molecule has 7 unspecified atom stereocenters. The fraction of sp³-hybridized carbons (Fsp3) is 0.667. The molecule has 0 radical (unpaired) electrons. The molecule has 0 saturated heterocycles. The van der Waals surface area contributed by atoms with Crippen LogP contribution in [0.4, 0.5) is 0 Å². The maximum atomic E-state index is 12.6. The third-order valence-corrected chi connectivity index (χ3v) is 8.39. The van der Waals surface area contributed by atoms with Gasteiger partial charge in [-0.05, 0) is 57.8 Å². The van der Waals surface area contributed by atoms with Gasteiger partial charge in [-0.2, -0.15) is 0 Å². The Hall–Kier alpha value is -2.73. The number of esters is 1. The van der Waals surface area contributed by atoms with Crippen LogP contribution < -0.4 is 0 Å². The highest BCUT2D eigenvalue weighted by atomic mass is 16.5. The monoisotopic (exact) mass is 690 g/mol. The molecule has 0 saturated carbocycles. The van der Waals surface area contributed by atoms with E-state index in [1.165, 1.54) is 0 Å². The Labute approximate surface area is 293 Å². The highest BCUT2D eigenvalue weighted by Crippen LogP contribution is 2.19. The van der Waals surface area contributed by atoms with Crippen molar-refractivity contribution in [1.29, 1.82) is 0 Å². The molecule has 0 spiro atoms. The Bertz CT molecular complexity index is 1110. The number of cyclic esters (lactones) is 1. The van der Waals surface area contributed by atoms with Gasteiger partial charge in [0.15, 0.2) is 0 Å². The van der Waals surface area contributed by atoms with Crippen molar-refractivity contribution in [3.05, 3.63) is 60.3 Å². The zero-order valence-electron chi connectivity index (χ0n) is 29.7. The van der Waals surface area contributed by atoms with Crippen LogP contribution in [0.15, 0.2) is 60.3 Å². The first-order chi connectivity index (χ1) is 23.3. The highest BCUT2D eigenvalue weighted by Gasteiger charge is 2.23. The molecule has 10 heteroatoms. The molecule has 6 N–H and O–H groups in total. The van der Waals surface area contributed by atoms with Crippen LogP contribution in [0.25, 0.3) is 0 Å². The summed E-state index contributed by atoms with van der Waals surface area (Å²) < 4.78 is 5.78. The van der Waals surface area contributed by atoms with Crippen molar-refractivity contribution in [2.24, 2.45) is 5.92 Å². The molecular formula is C39H62O10. The second-order valence-electron chi connectivity index (χ2n) is 13.7. The molecule has 278 valence electrons. The third-order valence-electron chi connectivity index (χ3n) is 8.39. The fourth-order valence-electron chi connectivity index (χ4n) is 5.63. The van der Waals surface area contributed by atoms with Crippen LogP contribution in [0, 0.1) is 5.92 Å². The summed E-state index contributed by atoms with van der Waals surface area (Å²) in [5.74, 6) is -0.714. The second kappa shape index (κ2) is 26.1. The predicted octanol–water partition coefficient (Wildman–Crippen LogP) is 4.89. The van der Waals surface area contributed by atoms with Gasteiger partial charge in [-0.25, -0.2) is 4.79 Å². The van der Waals surface area contributed by atoms with Gasteiger partial charge in [0.25, 0.3) is 0 Å². The van der Waals surface area contributed by atoms with Crippen molar-refractivity contribution < 1.29 is 49.8 Å². The van der Waals surface area contributed by atoms with Gasteiger partial charge in [0.1, 0.15) is 17.7 Å². The number of carbonyl (C=O) groups is 3. The zero-order chi connectivity index (χ0) is 36.6. The molecule has 0 fully saturated rings. The Morgan fingerprint density at radius 1 is 0.592 bits per heavy atom. The fourth-order valence-corrected chi connectivity index (χ4v) is 5.63. The van der Waals surface area contributed by atoms with Gasteiger partial charge >= 0.3 is 5.97 Å². The number of hydrogen-bond acceptors (Lipinski definition) is 10. The minimum absolute atomic E-state index is 0.0282. The lowest BCUT2D eigenvalue weighted by atomic mass is 9.96. The van der Waals surface area contributed by atoms with Crippen LogP contribution in [0.2, 0.25) is 0 Å². The number of aliphatic hydroxyl groups excluding tert-OH is 6. The van der Waals surface area contributed by atoms with E-state index in [-0.39, 0.29) is 68.7 Å². The quantitative estimate of drug-likeness (QED) is 0.207. The Kier molecular flexibility index (Phi) is 23.6. The van der Waals surface area contributed by atoms with E-state index in [1.807, 2.05) is 32.1 Å². The van der Waals surface area contributed by atoms with Gasteiger partial charge < -0.3 is 35.4 Å². The smallest absolute Gasteiger partial charge is 0.333 e. The van der Waals surface area contributed by atoms with Gasteiger partial charge in [0, 0.05) is 37.7 Å². The average Bonchev–Trinajstić information content (AvgIpc) is 2.99. The van der Waals surface area contributed by atoms with E-state index in [1.54, 1.807) is 43.4 Å². The standard InChI is InChI=1S/C39H62O10/c1-28(2)38-20-16-12-8-11-15-19-31(41)22-33(43)24-35(45)26-37(47)27-36(46)25-34(44)23-32(42)21-30(40)18-14-10-7-5-4-6-9-13-17-29(3)39(48)49-38/h4-7,9-10,13-14,17,28,30,32-36,38,40,42-46H,8,11-12,15-16,18-27H2,1-3H3/b6-4-,7-5-,13-9-,14-10-,29-17-. The number of aliphatic hydroxyl groups is 6. The zero-order valence-corrected chi connectivity index (χ0v) is 29.7. The molecule has 49 heavy (non-hydrogen) atoms. The molecule has 0 aromatic rings. The summed E-state index contributed by atoms with van der Waals surface area (Å²) in [6.07, 6.45) is 14.2. The first kappa shape index (κ1) is 44.3. The molecule has 1 aliphatic heterocycles.